The Balaban J connectivity index is 0.000000124. The number of nitrogens with one attached hydrogen (secondary N) is 1. The van der Waals surface area contributed by atoms with Gasteiger partial charge in [-0.2, -0.15) is 0 Å². The van der Waals surface area contributed by atoms with Crippen LogP contribution in [-0.4, -0.2) is 62.2 Å². The maximum Gasteiger partial charge on any atom is 0.00173 e. The van der Waals surface area contributed by atoms with Crippen molar-refractivity contribution >= 4 is 0 Å². The zero-order chi connectivity index (χ0) is 51.0. The maximum absolute atomic E-state index is 3.45. The molecule has 9 unspecified atom stereocenters. The van der Waals surface area contributed by atoms with Crippen molar-refractivity contribution in [3.05, 3.63) is 0 Å². The van der Waals surface area contributed by atoms with Gasteiger partial charge in [0.15, 0.2) is 0 Å². The minimum absolute atomic E-state index is 0.520. The Morgan fingerprint density at radius 1 is 0.429 bits per heavy atom. The maximum atomic E-state index is 3.45. The summed E-state index contributed by atoms with van der Waals surface area (Å²) in [5.74, 6) is 15.6. The smallest absolute Gasteiger partial charge is 0.00173 e. The average Bonchev–Trinajstić information content (AvgIpc) is 3.96. The van der Waals surface area contributed by atoms with Crippen LogP contribution < -0.4 is 5.32 Å². The summed E-state index contributed by atoms with van der Waals surface area (Å²) in [5, 5.41) is 3.45. The zero-order valence-electron chi connectivity index (χ0n) is 50.6. The zero-order valence-corrected chi connectivity index (χ0v) is 50.6. The summed E-state index contributed by atoms with van der Waals surface area (Å²) in [4.78, 5) is 5.38. The van der Waals surface area contributed by atoms with Crippen LogP contribution in [0.4, 0.5) is 0 Å². The van der Waals surface area contributed by atoms with E-state index < -0.39 is 0 Å². The van der Waals surface area contributed by atoms with Gasteiger partial charge in [0.25, 0.3) is 0 Å². The molecule has 3 nitrogen and oxygen atoms in total. The van der Waals surface area contributed by atoms with Crippen molar-refractivity contribution in [2.45, 2.75) is 253 Å². The van der Waals surface area contributed by atoms with Crippen LogP contribution in [-0.2, 0) is 0 Å². The molecule has 0 spiro atoms. The van der Waals surface area contributed by atoms with Gasteiger partial charge in [0.2, 0.25) is 0 Å². The van der Waals surface area contributed by atoms with Gasteiger partial charge in [0, 0.05) is 26.2 Å². The third-order valence-corrected chi connectivity index (χ3v) is 23.3. The van der Waals surface area contributed by atoms with Gasteiger partial charge in [0.1, 0.15) is 0 Å². The molecule has 15 fully saturated rings. The summed E-state index contributed by atoms with van der Waals surface area (Å²) in [7, 11) is 0. The summed E-state index contributed by atoms with van der Waals surface area (Å²) < 4.78 is 0. The van der Waals surface area contributed by atoms with Gasteiger partial charge in [-0.1, -0.05) is 156 Å². The first-order valence-electron chi connectivity index (χ1n) is 31.8. The summed E-state index contributed by atoms with van der Waals surface area (Å²) in [6, 6.07) is 0. The lowest BCUT2D eigenvalue weighted by Crippen LogP contribution is -2.60. The first-order valence-corrected chi connectivity index (χ1v) is 31.8. The lowest BCUT2D eigenvalue weighted by molar-refractivity contribution is -0.101. The molecule has 8 saturated carbocycles. The molecule has 0 amide bonds. The summed E-state index contributed by atoms with van der Waals surface area (Å²) in [6.45, 7) is 51.9. The molecule has 0 aromatic carbocycles. The van der Waals surface area contributed by atoms with E-state index in [1.165, 1.54) is 149 Å². The normalized spacial score (nSPS) is 41.5. The summed E-state index contributed by atoms with van der Waals surface area (Å²) in [5.41, 5.74) is 3.52. The topological polar surface area (TPSA) is 18.5 Å². The van der Waals surface area contributed by atoms with Gasteiger partial charge in [-0.05, 0) is 244 Å². The fourth-order valence-corrected chi connectivity index (χ4v) is 19.8. The van der Waals surface area contributed by atoms with Gasteiger partial charge in [-0.25, -0.2) is 0 Å². The SMILES string of the molecule is CC(C)(C)C12CC3CC(CC1C3)C2.CC(C)(C)C1C2CC3CC1CN(C3)C2.CC(C)(C)C1CC2CCC1C2.CC(C)(C)C1CCCNCC1.CC(C)(C)C1CN2CCC1CC2.CC(C)C1CCCCC1. The number of hydrogen-bond acceptors (Lipinski definition) is 3. The fourth-order valence-electron chi connectivity index (χ4n) is 19.8. The van der Waals surface area contributed by atoms with Gasteiger partial charge in [-0.15, -0.1) is 0 Å². The second-order valence-electron chi connectivity index (χ2n) is 33.6. The van der Waals surface area contributed by atoms with E-state index in [0.717, 1.165) is 94.2 Å². The van der Waals surface area contributed by atoms with E-state index in [1.54, 1.807) is 38.5 Å². The van der Waals surface area contributed by atoms with Crippen LogP contribution in [0.3, 0.4) is 0 Å². The Kier molecular flexibility index (Phi) is 19.1. The van der Waals surface area contributed by atoms with E-state index in [2.05, 4.69) is 133 Å². The summed E-state index contributed by atoms with van der Waals surface area (Å²) >= 11 is 0. The average molecular weight is 973 g/mol. The Bertz CT molecular complexity index is 1510. The van der Waals surface area contributed by atoms with E-state index >= 15 is 0 Å². The quantitative estimate of drug-likeness (QED) is 0.282. The molecular weight excluding hydrogens is 847 g/mol. The van der Waals surface area contributed by atoms with Crippen LogP contribution >= 0.6 is 0 Å². The van der Waals surface area contributed by atoms with Crippen molar-refractivity contribution in [2.24, 2.45) is 121 Å². The summed E-state index contributed by atoms with van der Waals surface area (Å²) in [6.07, 6.45) is 31.6. The van der Waals surface area contributed by atoms with Crippen LogP contribution in [0.15, 0.2) is 0 Å². The van der Waals surface area contributed by atoms with E-state index in [0.29, 0.717) is 27.1 Å². The molecule has 0 radical (unpaired) electrons. The van der Waals surface area contributed by atoms with E-state index in [4.69, 9.17) is 0 Å². The predicted molar refractivity (Wildman–Crippen MR) is 306 cm³/mol. The molecule has 1 N–H and O–H groups in total. The van der Waals surface area contributed by atoms with Crippen molar-refractivity contribution in [3.8, 4) is 0 Å². The lowest BCUT2D eigenvalue weighted by atomic mass is 9.55. The standard InChI is InChI=1S/C13H23N.C13H22.C11H21N.C11H20.C10H21N.C9H18/c1-13(2,3)12-10-4-9-5-11(12)8-14(6-9)7-10;1-12(2,3)13-7-9-4-10(8-13)6-11(13)5-9;1-11(2,3)10-8-12-6-4-9(10)5-7-12;1-11(2,3)10-7-8-4-5-9(10)6-8;1-10(2,3)9-5-4-7-11-8-6-9;1-8(2)9-6-4-3-5-7-9/h9-12H,4-8H2,1-3H3;9-11H,4-8H2,1-3H3;9-10H,4-8H2,1-3H3;8-10H,4-7H2,1-3H3;9,11H,4-8H2,1-3H3;8-9H,3-7H2,1-2H3. The molecule has 0 aromatic rings. The highest BCUT2D eigenvalue weighted by atomic mass is 15.2. The molecule has 0 aromatic heterocycles. The van der Waals surface area contributed by atoms with Gasteiger partial charge in [0.05, 0.1) is 0 Å². The first kappa shape index (κ1) is 57.6. The molecule has 7 saturated heterocycles. The molecular formula is C67H125N3. The Hall–Kier alpha value is -0.120. The highest BCUT2D eigenvalue weighted by Gasteiger charge is 2.62. The molecule has 408 valence electrons. The van der Waals surface area contributed by atoms with Gasteiger partial charge in [-0.3, -0.25) is 0 Å². The molecule has 15 rings (SSSR count). The third kappa shape index (κ3) is 14.5. The molecule has 7 aliphatic heterocycles. The van der Waals surface area contributed by atoms with Crippen molar-refractivity contribution in [2.75, 3.05) is 52.4 Å². The first-order chi connectivity index (χ1) is 32.6. The second kappa shape index (κ2) is 23.2. The predicted octanol–water partition coefficient (Wildman–Crippen LogP) is 18.0. The molecule has 8 aliphatic carbocycles. The molecule has 7 heterocycles. The molecule has 9 atom stereocenters. The number of fused-ring (bicyclic) bond motifs is 5. The van der Waals surface area contributed by atoms with Crippen LogP contribution in [0.1, 0.15) is 253 Å². The van der Waals surface area contributed by atoms with Crippen LogP contribution in [0.2, 0.25) is 0 Å². The molecule has 15 aliphatic rings. The van der Waals surface area contributed by atoms with Crippen molar-refractivity contribution in [3.63, 3.8) is 0 Å². The Labute approximate surface area is 439 Å². The van der Waals surface area contributed by atoms with E-state index in [9.17, 15) is 0 Å². The van der Waals surface area contributed by atoms with Crippen LogP contribution in [0, 0.1) is 121 Å². The molecule has 70 heavy (non-hydrogen) atoms. The number of piperidine rings is 6. The van der Waals surface area contributed by atoms with Crippen LogP contribution in [0.25, 0.3) is 0 Å². The Morgan fingerprint density at radius 3 is 1.40 bits per heavy atom. The largest absolute Gasteiger partial charge is 0.317 e. The van der Waals surface area contributed by atoms with E-state index in [1.807, 2.05) is 0 Å². The highest BCUT2D eigenvalue weighted by Crippen LogP contribution is 2.71. The minimum Gasteiger partial charge on any atom is -0.317 e. The Morgan fingerprint density at radius 2 is 1.01 bits per heavy atom. The molecule has 3 heteroatoms. The number of nitrogens with zero attached hydrogens (tertiary/aromatic N) is 2. The third-order valence-electron chi connectivity index (χ3n) is 23.3. The van der Waals surface area contributed by atoms with Crippen molar-refractivity contribution in [1.29, 1.82) is 0 Å². The number of rotatable bonds is 1. The second-order valence-corrected chi connectivity index (χ2v) is 33.6. The number of hydrogen-bond donors (Lipinski definition) is 1. The lowest BCUT2D eigenvalue weighted by Gasteiger charge is -2.59. The van der Waals surface area contributed by atoms with Gasteiger partial charge >= 0.3 is 0 Å². The van der Waals surface area contributed by atoms with Crippen LogP contribution in [0.5, 0.6) is 0 Å². The minimum atomic E-state index is 0.520. The van der Waals surface area contributed by atoms with E-state index in [-0.39, 0.29) is 0 Å². The van der Waals surface area contributed by atoms with Crippen molar-refractivity contribution < 1.29 is 0 Å². The highest BCUT2D eigenvalue weighted by molar-refractivity contribution is 5.11. The molecule has 12 bridgehead atoms. The van der Waals surface area contributed by atoms with Crippen molar-refractivity contribution in [1.82, 2.24) is 15.1 Å². The van der Waals surface area contributed by atoms with Gasteiger partial charge < -0.3 is 15.1 Å². The fraction of sp³-hybridized carbons (Fsp3) is 1.00. The monoisotopic (exact) mass is 972 g/mol.